The van der Waals surface area contributed by atoms with Crippen LogP contribution in [0, 0.1) is 0 Å². The van der Waals surface area contributed by atoms with E-state index in [-0.39, 0.29) is 10.8 Å². The molecule has 1 aliphatic heterocycles. The summed E-state index contributed by atoms with van der Waals surface area (Å²) in [7, 11) is -1.53. The first-order valence-electron chi connectivity index (χ1n) is 9.19. The third kappa shape index (κ3) is 5.38. The van der Waals surface area contributed by atoms with Crippen LogP contribution in [-0.4, -0.2) is 45.3 Å². The number of benzene rings is 1. The van der Waals surface area contributed by atoms with Crippen molar-refractivity contribution in [2.45, 2.75) is 30.7 Å². The molecule has 2 heterocycles. The third-order valence-electron chi connectivity index (χ3n) is 4.59. The molecule has 8 heteroatoms. The summed E-state index contributed by atoms with van der Waals surface area (Å²) >= 11 is 1.68. The second-order valence-corrected chi connectivity index (χ2v) is 9.90. The van der Waals surface area contributed by atoms with Gasteiger partial charge in [-0.05, 0) is 42.5 Å². The van der Waals surface area contributed by atoms with Crippen LogP contribution in [0.4, 0.5) is 5.69 Å². The van der Waals surface area contributed by atoms with Crippen molar-refractivity contribution in [2.75, 3.05) is 32.0 Å². The van der Waals surface area contributed by atoms with Crippen molar-refractivity contribution in [3.63, 3.8) is 0 Å². The zero-order chi connectivity index (χ0) is 19.3. The van der Waals surface area contributed by atoms with Gasteiger partial charge in [0.05, 0.1) is 16.8 Å². The van der Waals surface area contributed by atoms with E-state index in [1.165, 1.54) is 9.18 Å². The lowest BCUT2D eigenvalue weighted by Gasteiger charge is -2.26. The summed E-state index contributed by atoms with van der Waals surface area (Å²) in [5, 5.41) is 4.85. The number of anilines is 1. The van der Waals surface area contributed by atoms with E-state index in [0.717, 1.165) is 30.7 Å². The van der Waals surface area contributed by atoms with Crippen LogP contribution in [0.5, 0.6) is 0 Å². The van der Waals surface area contributed by atoms with Crippen molar-refractivity contribution in [3.05, 3.63) is 46.7 Å². The lowest BCUT2D eigenvalue weighted by atomic mass is 10.2. The number of likely N-dealkylation sites (N-methyl/N-ethyl adjacent to an activating group) is 1. The molecule has 0 aliphatic carbocycles. The average molecular weight is 409 g/mol. The summed E-state index contributed by atoms with van der Waals surface area (Å²) in [4.78, 5) is 14.9. The highest BCUT2D eigenvalue weighted by Gasteiger charge is 2.26. The van der Waals surface area contributed by atoms with Crippen LogP contribution < -0.4 is 10.2 Å². The Balaban J connectivity index is 1.62. The maximum absolute atomic E-state index is 12.8. The first kappa shape index (κ1) is 20.0. The molecule has 1 atom stereocenters. The zero-order valence-corrected chi connectivity index (χ0v) is 17.1. The van der Waals surface area contributed by atoms with Gasteiger partial charge in [-0.3, -0.25) is 4.79 Å². The van der Waals surface area contributed by atoms with E-state index in [9.17, 15) is 13.2 Å². The molecule has 3 rings (SSSR count). The maximum atomic E-state index is 12.8. The predicted molar refractivity (Wildman–Crippen MR) is 107 cm³/mol. The van der Waals surface area contributed by atoms with Crippen molar-refractivity contribution in [1.82, 2.24) is 4.31 Å². The first-order chi connectivity index (χ1) is 12.9. The van der Waals surface area contributed by atoms with E-state index in [1.54, 1.807) is 35.6 Å². The highest BCUT2D eigenvalue weighted by Crippen LogP contribution is 2.22. The molecule has 0 saturated carbocycles. The normalized spacial score (nSPS) is 16.8. The zero-order valence-electron chi connectivity index (χ0n) is 15.5. The molecule has 0 bridgehead atoms. The monoisotopic (exact) mass is 408 g/mol. The second-order valence-electron chi connectivity index (χ2n) is 6.93. The summed E-state index contributed by atoms with van der Waals surface area (Å²) in [6.07, 6.45) is 2.87. The minimum Gasteiger partial charge on any atom is -0.325 e. The molecular formula is C19H26N3O3S2+. The largest absolute Gasteiger partial charge is 0.325 e. The van der Waals surface area contributed by atoms with Gasteiger partial charge in [0.1, 0.15) is 6.54 Å². The molecule has 0 radical (unpaired) electrons. The number of nitrogens with one attached hydrogen (secondary N) is 2. The Morgan fingerprint density at radius 1 is 1.19 bits per heavy atom. The Kier molecular flexibility index (Phi) is 6.64. The molecule has 1 amide bonds. The van der Waals surface area contributed by atoms with Crippen molar-refractivity contribution in [2.24, 2.45) is 0 Å². The number of piperidine rings is 1. The Morgan fingerprint density at radius 3 is 2.67 bits per heavy atom. The molecule has 1 unspecified atom stereocenters. The number of rotatable bonds is 7. The van der Waals surface area contributed by atoms with Gasteiger partial charge < -0.3 is 10.2 Å². The molecule has 1 aromatic carbocycles. The molecule has 0 spiro atoms. The number of hydrogen-bond donors (Lipinski definition) is 2. The van der Waals surface area contributed by atoms with Crippen LogP contribution in [0.3, 0.4) is 0 Å². The number of sulfonamides is 1. The molecule has 27 heavy (non-hydrogen) atoms. The fraction of sp³-hybridized carbons (Fsp3) is 0.421. The lowest BCUT2D eigenvalue weighted by molar-refractivity contribution is -0.884. The summed E-state index contributed by atoms with van der Waals surface area (Å²) in [5.74, 6) is -0.128. The number of amides is 1. The summed E-state index contributed by atoms with van der Waals surface area (Å²) in [6.45, 7) is 2.24. The van der Waals surface area contributed by atoms with E-state index in [0.29, 0.717) is 25.3 Å². The van der Waals surface area contributed by atoms with E-state index in [4.69, 9.17) is 0 Å². The van der Waals surface area contributed by atoms with Gasteiger partial charge in [0.2, 0.25) is 10.0 Å². The van der Waals surface area contributed by atoms with Crippen molar-refractivity contribution >= 4 is 33.0 Å². The number of nitrogens with zero attached hydrogens (tertiary/aromatic N) is 1. The number of quaternary nitrogens is 1. The Labute approximate surface area is 164 Å². The second kappa shape index (κ2) is 8.97. The topological polar surface area (TPSA) is 70.9 Å². The SMILES string of the molecule is C[NH+](CC(=O)Nc1cccc(S(=O)(=O)N2CCCCC2)c1)Cc1cccs1. The summed E-state index contributed by atoms with van der Waals surface area (Å²) in [5.41, 5.74) is 0.516. The van der Waals surface area contributed by atoms with Crippen molar-refractivity contribution in [1.29, 1.82) is 0 Å². The first-order valence-corrected chi connectivity index (χ1v) is 11.5. The van der Waals surface area contributed by atoms with Gasteiger partial charge in [-0.15, -0.1) is 11.3 Å². The number of carbonyl (C=O) groups excluding carboxylic acids is 1. The van der Waals surface area contributed by atoms with E-state index < -0.39 is 10.0 Å². The van der Waals surface area contributed by atoms with Gasteiger partial charge >= 0.3 is 0 Å². The van der Waals surface area contributed by atoms with Crippen LogP contribution >= 0.6 is 11.3 Å². The van der Waals surface area contributed by atoms with Gasteiger partial charge in [-0.2, -0.15) is 4.31 Å². The third-order valence-corrected chi connectivity index (χ3v) is 7.36. The molecule has 6 nitrogen and oxygen atoms in total. The molecule has 1 saturated heterocycles. The predicted octanol–water partition coefficient (Wildman–Crippen LogP) is 1.58. The van der Waals surface area contributed by atoms with Gasteiger partial charge in [-0.1, -0.05) is 18.6 Å². The van der Waals surface area contributed by atoms with Gasteiger partial charge in [-0.25, -0.2) is 8.42 Å². The smallest absolute Gasteiger partial charge is 0.279 e. The quantitative estimate of drug-likeness (QED) is 0.731. The van der Waals surface area contributed by atoms with E-state index in [2.05, 4.69) is 11.4 Å². The van der Waals surface area contributed by atoms with Crippen LogP contribution in [-0.2, 0) is 21.4 Å². The number of thiophene rings is 1. The maximum Gasteiger partial charge on any atom is 0.279 e. The number of carbonyl (C=O) groups is 1. The van der Waals surface area contributed by atoms with Crippen molar-refractivity contribution < 1.29 is 18.1 Å². The molecule has 1 fully saturated rings. The lowest BCUT2D eigenvalue weighted by Crippen LogP contribution is -3.08. The minimum atomic E-state index is -3.50. The summed E-state index contributed by atoms with van der Waals surface area (Å²) < 4.78 is 27.1. The minimum absolute atomic E-state index is 0.128. The fourth-order valence-corrected chi connectivity index (χ4v) is 5.62. The van der Waals surface area contributed by atoms with Crippen LogP contribution in [0.25, 0.3) is 0 Å². The van der Waals surface area contributed by atoms with Gasteiger partial charge in [0.15, 0.2) is 6.54 Å². The van der Waals surface area contributed by atoms with Crippen LogP contribution in [0.1, 0.15) is 24.1 Å². The average Bonchev–Trinajstić information content (AvgIpc) is 3.15. The Morgan fingerprint density at radius 2 is 1.96 bits per heavy atom. The molecule has 146 valence electrons. The molecule has 1 aliphatic rings. The van der Waals surface area contributed by atoms with E-state index in [1.807, 2.05) is 18.5 Å². The van der Waals surface area contributed by atoms with Gasteiger partial charge in [0.25, 0.3) is 5.91 Å². The molecule has 1 aromatic heterocycles. The van der Waals surface area contributed by atoms with Crippen molar-refractivity contribution in [3.8, 4) is 0 Å². The summed E-state index contributed by atoms with van der Waals surface area (Å²) in [6, 6.07) is 10.6. The van der Waals surface area contributed by atoms with Gasteiger partial charge in [0, 0.05) is 18.8 Å². The van der Waals surface area contributed by atoms with Crippen LogP contribution in [0.2, 0.25) is 0 Å². The highest BCUT2D eigenvalue weighted by molar-refractivity contribution is 7.89. The Hall–Kier alpha value is -1.74. The molecule has 2 N–H and O–H groups in total. The van der Waals surface area contributed by atoms with Crippen LogP contribution in [0.15, 0.2) is 46.7 Å². The molecule has 2 aromatic rings. The number of hydrogen-bond acceptors (Lipinski definition) is 4. The Bertz CT molecular complexity index is 860. The standard InChI is InChI=1S/C19H25N3O3S2/c1-21(14-17-8-6-12-26-17)15-19(23)20-16-7-5-9-18(13-16)27(24,25)22-10-3-2-4-11-22/h5-9,12-13H,2-4,10-11,14-15H2,1H3,(H,20,23)/p+1. The highest BCUT2D eigenvalue weighted by atomic mass is 32.2. The molecular weight excluding hydrogens is 382 g/mol. The fourth-order valence-electron chi connectivity index (χ4n) is 3.24. The van der Waals surface area contributed by atoms with E-state index >= 15 is 0 Å².